The van der Waals surface area contributed by atoms with E-state index >= 15 is 0 Å². The molecular weight excluding hydrogens is 520 g/mol. The Kier molecular flexibility index (Phi) is 9.20. The summed E-state index contributed by atoms with van der Waals surface area (Å²) >= 11 is 6.31. The summed E-state index contributed by atoms with van der Waals surface area (Å²) in [4.78, 5) is 18.6. The van der Waals surface area contributed by atoms with Crippen LogP contribution >= 0.6 is 11.6 Å². The molecule has 202 valence electrons. The summed E-state index contributed by atoms with van der Waals surface area (Å²) in [5.74, 6) is 0.0436. The molecule has 1 N–H and O–H groups in total. The second-order valence-corrected chi connectivity index (χ2v) is 11.9. The van der Waals surface area contributed by atoms with Gasteiger partial charge in [-0.1, -0.05) is 35.9 Å². The average Bonchev–Trinajstić information content (AvgIpc) is 2.90. The van der Waals surface area contributed by atoms with Crippen LogP contribution in [0.1, 0.15) is 42.5 Å². The second-order valence-electron chi connectivity index (χ2n) is 9.67. The molecule has 9 heteroatoms. The summed E-state index contributed by atoms with van der Waals surface area (Å²) in [5.41, 5.74) is 4.62. The maximum Gasteiger partial charge on any atom is 0.244 e. The third-order valence-electron chi connectivity index (χ3n) is 7.07. The first kappa shape index (κ1) is 28.2. The van der Waals surface area contributed by atoms with E-state index in [1.807, 2.05) is 44.3 Å². The summed E-state index contributed by atoms with van der Waals surface area (Å²) in [6, 6.07) is 14.7. The Bertz CT molecular complexity index is 1400. The molecule has 1 atom stereocenters. The van der Waals surface area contributed by atoms with Crippen LogP contribution in [0.5, 0.6) is 0 Å². The van der Waals surface area contributed by atoms with Gasteiger partial charge in [-0.05, 0) is 85.8 Å². The average molecular weight is 555 g/mol. The monoisotopic (exact) mass is 554 g/mol. The Hall–Kier alpha value is -2.78. The van der Waals surface area contributed by atoms with Crippen molar-refractivity contribution in [2.24, 2.45) is 0 Å². The number of rotatable bonds is 9. The molecule has 0 radical (unpaired) electrons. The Balaban J connectivity index is 1.67. The number of carbonyl (C=O) groups is 1. The zero-order valence-electron chi connectivity index (χ0n) is 22.2. The van der Waals surface area contributed by atoms with Crippen molar-refractivity contribution in [3.63, 3.8) is 0 Å². The van der Waals surface area contributed by atoms with Crippen LogP contribution < -0.4 is 5.32 Å². The third-order valence-corrected chi connectivity index (χ3v) is 9.54. The van der Waals surface area contributed by atoms with Crippen LogP contribution in [-0.4, -0.2) is 61.2 Å². The molecule has 7 nitrogen and oxygen atoms in total. The number of piperazine rings is 1. The Morgan fingerprint density at radius 1 is 1.13 bits per heavy atom. The van der Waals surface area contributed by atoms with Crippen molar-refractivity contribution >= 4 is 27.5 Å². The first-order valence-corrected chi connectivity index (χ1v) is 14.8. The van der Waals surface area contributed by atoms with Crippen LogP contribution in [0.15, 0.2) is 65.8 Å². The number of pyridine rings is 1. The zero-order chi connectivity index (χ0) is 27.3. The number of amides is 1. The summed E-state index contributed by atoms with van der Waals surface area (Å²) < 4.78 is 29.7. The molecule has 1 amide bonds. The fourth-order valence-corrected chi connectivity index (χ4v) is 7.11. The second kappa shape index (κ2) is 12.4. The Labute approximate surface area is 230 Å². The van der Waals surface area contributed by atoms with Crippen LogP contribution in [0.25, 0.3) is 11.1 Å². The van der Waals surface area contributed by atoms with E-state index in [0.29, 0.717) is 43.2 Å². The first-order valence-electron chi connectivity index (χ1n) is 13.0. The lowest BCUT2D eigenvalue weighted by atomic mass is 9.97. The number of nitrogens with one attached hydrogen (secondary N) is 1. The summed E-state index contributed by atoms with van der Waals surface area (Å²) in [6.45, 7) is 8.48. The summed E-state index contributed by atoms with van der Waals surface area (Å²) in [7, 11) is -3.81. The predicted molar refractivity (Wildman–Crippen MR) is 152 cm³/mol. The molecule has 1 saturated heterocycles. The molecule has 1 fully saturated rings. The normalized spacial score (nSPS) is 16.9. The van der Waals surface area contributed by atoms with Crippen molar-refractivity contribution in [2.75, 3.05) is 32.7 Å². The number of carbonyl (C=O) groups excluding carboxylic acids is 1. The smallest absolute Gasteiger partial charge is 0.244 e. The van der Waals surface area contributed by atoms with E-state index in [2.05, 4.69) is 21.3 Å². The van der Waals surface area contributed by atoms with Crippen LogP contribution in [-0.2, 0) is 14.8 Å². The molecule has 2 aromatic carbocycles. The van der Waals surface area contributed by atoms with Crippen LogP contribution in [0, 0.1) is 13.8 Å². The number of benzene rings is 2. The number of aromatic nitrogens is 1. The summed E-state index contributed by atoms with van der Waals surface area (Å²) in [5, 5.41) is 3.27. The summed E-state index contributed by atoms with van der Waals surface area (Å²) in [6.07, 6.45) is 4.77. The molecule has 1 unspecified atom stereocenters. The molecule has 4 rings (SSSR count). The number of nitrogens with zero attached hydrogens (tertiary/aromatic N) is 3. The quantitative estimate of drug-likeness (QED) is 0.403. The van der Waals surface area contributed by atoms with E-state index in [4.69, 9.17) is 11.6 Å². The van der Waals surface area contributed by atoms with Gasteiger partial charge in [-0.15, -0.1) is 0 Å². The molecule has 0 aliphatic carbocycles. The molecule has 38 heavy (non-hydrogen) atoms. The Morgan fingerprint density at radius 3 is 2.68 bits per heavy atom. The van der Waals surface area contributed by atoms with Gasteiger partial charge in [-0.2, -0.15) is 4.31 Å². The van der Waals surface area contributed by atoms with Gasteiger partial charge in [0.25, 0.3) is 0 Å². The van der Waals surface area contributed by atoms with Gasteiger partial charge in [-0.3, -0.25) is 9.78 Å². The molecule has 0 saturated carbocycles. The molecule has 1 aliphatic heterocycles. The number of hydrogen-bond donors (Lipinski definition) is 1. The van der Waals surface area contributed by atoms with Gasteiger partial charge in [0, 0.05) is 50.0 Å². The zero-order valence-corrected chi connectivity index (χ0v) is 23.7. The highest BCUT2D eigenvalue weighted by atomic mass is 35.5. The minimum absolute atomic E-state index is 0.0436. The fraction of sp³-hybridized carbons (Fsp3) is 0.379. The third kappa shape index (κ3) is 6.26. The minimum atomic E-state index is -3.81. The lowest BCUT2D eigenvalue weighted by Gasteiger charge is -2.41. The fourth-order valence-electron chi connectivity index (χ4n) is 5.04. The maximum absolute atomic E-state index is 14.0. The van der Waals surface area contributed by atoms with Crippen LogP contribution in [0.2, 0.25) is 5.02 Å². The van der Waals surface area contributed by atoms with E-state index in [9.17, 15) is 13.2 Å². The number of sulfonamides is 1. The first-order chi connectivity index (χ1) is 18.2. The van der Waals surface area contributed by atoms with Crippen molar-refractivity contribution < 1.29 is 13.2 Å². The van der Waals surface area contributed by atoms with Crippen LogP contribution in [0.3, 0.4) is 0 Å². The van der Waals surface area contributed by atoms with E-state index in [1.54, 1.807) is 35.6 Å². The van der Waals surface area contributed by atoms with Crippen molar-refractivity contribution in [2.45, 2.75) is 44.6 Å². The molecule has 3 aromatic rings. The van der Waals surface area contributed by atoms with Gasteiger partial charge < -0.3 is 10.2 Å². The lowest BCUT2D eigenvalue weighted by Crippen LogP contribution is -2.50. The minimum Gasteiger partial charge on any atom is -0.356 e. The lowest BCUT2D eigenvalue weighted by molar-refractivity contribution is -0.121. The predicted octanol–water partition coefficient (Wildman–Crippen LogP) is 4.98. The molecule has 2 heterocycles. The molecule has 0 bridgehead atoms. The SMILES string of the molecule is CCNC(=O)CCCN1CCN(S(=O)(=O)c2cccc(Cl)c2C)C(c2cccc(-c3ccncc3C)c2)C1. The van der Waals surface area contributed by atoms with Crippen molar-refractivity contribution in [3.05, 3.63) is 82.6 Å². The van der Waals surface area contributed by atoms with E-state index in [-0.39, 0.29) is 10.8 Å². The van der Waals surface area contributed by atoms with Gasteiger partial charge in [0.1, 0.15) is 0 Å². The number of halogens is 1. The van der Waals surface area contributed by atoms with Gasteiger partial charge in [0.15, 0.2) is 0 Å². The van der Waals surface area contributed by atoms with Gasteiger partial charge >= 0.3 is 0 Å². The van der Waals surface area contributed by atoms with Crippen molar-refractivity contribution in [3.8, 4) is 11.1 Å². The van der Waals surface area contributed by atoms with Crippen LogP contribution in [0.4, 0.5) is 0 Å². The van der Waals surface area contributed by atoms with Gasteiger partial charge in [0.2, 0.25) is 15.9 Å². The highest BCUT2D eigenvalue weighted by molar-refractivity contribution is 7.89. The number of aryl methyl sites for hydroxylation is 1. The highest BCUT2D eigenvalue weighted by Crippen LogP contribution is 2.35. The molecule has 0 spiro atoms. The Morgan fingerprint density at radius 2 is 1.92 bits per heavy atom. The molecule has 1 aromatic heterocycles. The topological polar surface area (TPSA) is 82.6 Å². The largest absolute Gasteiger partial charge is 0.356 e. The number of hydrogen-bond acceptors (Lipinski definition) is 5. The molecular formula is C29H35ClN4O3S. The van der Waals surface area contributed by atoms with Gasteiger partial charge in [0.05, 0.1) is 10.9 Å². The van der Waals surface area contributed by atoms with E-state index in [1.165, 1.54) is 0 Å². The van der Waals surface area contributed by atoms with E-state index in [0.717, 1.165) is 35.2 Å². The van der Waals surface area contributed by atoms with E-state index < -0.39 is 16.1 Å². The van der Waals surface area contributed by atoms with Gasteiger partial charge in [-0.25, -0.2) is 8.42 Å². The van der Waals surface area contributed by atoms with Crippen molar-refractivity contribution in [1.82, 2.24) is 19.5 Å². The highest BCUT2D eigenvalue weighted by Gasteiger charge is 2.38. The maximum atomic E-state index is 14.0. The van der Waals surface area contributed by atoms with Crippen molar-refractivity contribution in [1.29, 1.82) is 0 Å². The molecule has 1 aliphatic rings. The standard InChI is InChI=1S/C29H35ClN4O3S/c1-4-32-29(35)12-7-15-33-16-17-34(38(36,37)28-11-6-10-26(30)22(28)3)27(20-33)24-9-5-8-23(18-24)25-13-14-31-19-21(25)2/h5-6,8-11,13-14,18-19,27H,4,7,12,15-17,20H2,1-3H3,(H,32,35).